The van der Waals surface area contributed by atoms with Crippen molar-refractivity contribution in [2.75, 3.05) is 26.3 Å². The molecule has 2 aromatic rings. The summed E-state index contributed by atoms with van der Waals surface area (Å²) in [6.07, 6.45) is 2.36. The van der Waals surface area contributed by atoms with Crippen molar-refractivity contribution in [3.63, 3.8) is 0 Å². The van der Waals surface area contributed by atoms with E-state index in [0.717, 1.165) is 49.3 Å². The maximum Gasteiger partial charge on any atom is 0.121 e. The first-order valence-corrected chi connectivity index (χ1v) is 7.23. The number of nitrogens with one attached hydrogen (secondary N) is 1. The molecule has 0 amide bonds. The van der Waals surface area contributed by atoms with E-state index in [1.165, 1.54) is 0 Å². The van der Waals surface area contributed by atoms with Gasteiger partial charge in [-0.1, -0.05) is 12.1 Å². The lowest BCUT2D eigenvalue weighted by Gasteiger charge is -2.31. The average molecular weight is 275 g/mol. The van der Waals surface area contributed by atoms with Crippen LogP contribution in [0.4, 0.5) is 0 Å². The van der Waals surface area contributed by atoms with Crippen molar-refractivity contribution in [1.29, 1.82) is 0 Å². The minimum Gasteiger partial charge on any atom is -0.394 e. The van der Waals surface area contributed by atoms with E-state index in [4.69, 9.17) is 9.84 Å². The Morgan fingerprint density at radius 3 is 2.85 bits per heavy atom. The highest BCUT2D eigenvalue weighted by Crippen LogP contribution is 2.17. The van der Waals surface area contributed by atoms with E-state index in [1.54, 1.807) is 0 Å². The molecule has 5 heteroatoms. The third kappa shape index (κ3) is 3.17. The smallest absolute Gasteiger partial charge is 0.121 e. The predicted molar refractivity (Wildman–Crippen MR) is 77.4 cm³/mol. The number of benzene rings is 1. The number of hydrogen-bond acceptors (Lipinski definition) is 4. The van der Waals surface area contributed by atoms with E-state index in [-0.39, 0.29) is 6.61 Å². The zero-order chi connectivity index (χ0) is 13.8. The van der Waals surface area contributed by atoms with Crippen LogP contribution in [0.25, 0.3) is 11.0 Å². The van der Waals surface area contributed by atoms with Gasteiger partial charge in [-0.05, 0) is 25.0 Å². The normalized spacial score (nSPS) is 17.9. The summed E-state index contributed by atoms with van der Waals surface area (Å²) in [6, 6.07) is 8.12. The van der Waals surface area contributed by atoms with Crippen LogP contribution >= 0.6 is 0 Å². The summed E-state index contributed by atoms with van der Waals surface area (Å²) in [4.78, 5) is 10.4. The highest BCUT2D eigenvalue weighted by Gasteiger charge is 2.20. The lowest BCUT2D eigenvalue weighted by Crippen LogP contribution is -2.37. The minimum absolute atomic E-state index is 0.110. The van der Waals surface area contributed by atoms with Gasteiger partial charge in [0.05, 0.1) is 36.9 Å². The number of hydrogen-bond donors (Lipinski definition) is 2. The summed E-state index contributed by atoms with van der Waals surface area (Å²) in [7, 11) is 0. The molecule has 1 saturated heterocycles. The van der Waals surface area contributed by atoms with Gasteiger partial charge >= 0.3 is 0 Å². The molecule has 5 nitrogen and oxygen atoms in total. The van der Waals surface area contributed by atoms with Crippen molar-refractivity contribution in [2.45, 2.75) is 25.5 Å². The first-order chi connectivity index (χ1) is 9.85. The van der Waals surface area contributed by atoms with E-state index in [1.807, 2.05) is 18.2 Å². The number of H-pyrrole nitrogens is 1. The Morgan fingerprint density at radius 2 is 2.10 bits per heavy atom. The van der Waals surface area contributed by atoms with Gasteiger partial charge in [0.25, 0.3) is 0 Å². The minimum atomic E-state index is 0.110. The molecule has 0 radical (unpaired) electrons. The van der Waals surface area contributed by atoms with E-state index >= 15 is 0 Å². The number of aromatic amines is 1. The van der Waals surface area contributed by atoms with Crippen LogP contribution in [-0.2, 0) is 11.3 Å². The summed E-state index contributed by atoms with van der Waals surface area (Å²) in [5, 5.41) is 8.77. The number of likely N-dealkylation sites (tertiary alicyclic amines) is 1. The summed E-state index contributed by atoms with van der Waals surface area (Å²) in [6.45, 7) is 3.47. The summed E-state index contributed by atoms with van der Waals surface area (Å²) < 4.78 is 5.58. The van der Waals surface area contributed by atoms with Gasteiger partial charge < -0.3 is 14.8 Å². The number of aromatic nitrogens is 2. The second-order valence-electron chi connectivity index (χ2n) is 5.27. The molecular weight excluding hydrogens is 254 g/mol. The number of aliphatic hydroxyl groups is 1. The van der Waals surface area contributed by atoms with Crippen molar-refractivity contribution in [1.82, 2.24) is 14.9 Å². The molecule has 1 aromatic carbocycles. The number of imidazole rings is 1. The molecule has 2 N–H and O–H groups in total. The number of aliphatic hydroxyl groups excluding tert-OH is 1. The number of fused-ring (bicyclic) bond motifs is 1. The molecule has 108 valence electrons. The number of piperidine rings is 1. The number of ether oxygens (including phenoxy) is 1. The monoisotopic (exact) mass is 275 g/mol. The van der Waals surface area contributed by atoms with Crippen molar-refractivity contribution < 1.29 is 9.84 Å². The van der Waals surface area contributed by atoms with E-state index in [9.17, 15) is 0 Å². The zero-order valence-corrected chi connectivity index (χ0v) is 11.6. The van der Waals surface area contributed by atoms with Gasteiger partial charge in [0.15, 0.2) is 0 Å². The highest BCUT2D eigenvalue weighted by molar-refractivity contribution is 5.74. The summed E-state index contributed by atoms with van der Waals surface area (Å²) in [5.41, 5.74) is 2.13. The standard InChI is InChI=1S/C15H21N3O2/c19-9-10-20-12-5-7-18(8-6-12)11-15-16-13-3-1-2-4-14(13)17-15/h1-4,12,19H,5-11H2,(H,16,17). The van der Waals surface area contributed by atoms with Crippen molar-refractivity contribution in [2.24, 2.45) is 0 Å². The van der Waals surface area contributed by atoms with Crippen LogP contribution in [0.1, 0.15) is 18.7 Å². The third-order valence-electron chi connectivity index (χ3n) is 3.79. The van der Waals surface area contributed by atoms with Crippen LogP contribution in [0, 0.1) is 0 Å². The Morgan fingerprint density at radius 1 is 1.30 bits per heavy atom. The van der Waals surface area contributed by atoms with Crippen LogP contribution < -0.4 is 0 Å². The van der Waals surface area contributed by atoms with E-state index in [0.29, 0.717) is 12.7 Å². The van der Waals surface area contributed by atoms with Crippen LogP contribution in [0.3, 0.4) is 0 Å². The molecule has 0 aliphatic carbocycles. The van der Waals surface area contributed by atoms with Gasteiger partial charge in [-0.15, -0.1) is 0 Å². The number of nitrogens with zero attached hydrogens (tertiary/aromatic N) is 2. The molecule has 0 unspecified atom stereocenters. The first kappa shape index (κ1) is 13.5. The Kier molecular flexibility index (Phi) is 4.30. The van der Waals surface area contributed by atoms with Gasteiger partial charge in [0.2, 0.25) is 0 Å². The number of para-hydroxylation sites is 2. The van der Waals surface area contributed by atoms with Gasteiger partial charge in [-0.2, -0.15) is 0 Å². The molecule has 2 heterocycles. The van der Waals surface area contributed by atoms with Gasteiger partial charge in [-0.25, -0.2) is 4.98 Å². The van der Waals surface area contributed by atoms with Crippen LogP contribution in [0.5, 0.6) is 0 Å². The molecule has 3 rings (SSSR count). The maximum absolute atomic E-state index is 8.77. The van der Waals surface area contributed by atoms with Crippen LogP contribution in [-0.4, -0.2) is 52.4 Å². The van der Waals surface area contributed by atoms with Gasteiger partial charge in [-0.3, -0.25) is 4.90 Å². The fraction of sp³-hybridized carbons (Fsp3) is 0.533. The van der Waals surface area contributed by atoms with Gasteiger partial charge in [0.1, 0.15) is 5.82 Å². The fourth-order valence-electron chi connectivity index (χ4n) is 2.75. The van der Waals surface area contributed by atoms with Crippen molar-refractivity contribution in [3.8, 4) is 0 Å². The number of rotatable bonds is 5. The molecule has 1 fully saturated rings. The third-order valence-corrected chi connectivity index (χ3v) is 3.79. The zero-order valence-electron chi connectivity index (χ0n) is 11.6. The second kappa shape index (κ2) is 6.35. The predicted octanol–water partition coefficient (Wildman–Crippen LogP) is 1.54. The first-order valence-electron chi connectivity index (χ1n) is 7.23. The molecule has 1 aromatic heterocycles. The molecule has 1 aliphatic rings. The summed E-state index contributed by atoms with van der Waals surface area (Å²) >= 11 is 0. The van der Waals surface area contributed by atoms with Crippen molar-refractivity contribution in [3.05, 3.63) is 30.1 Å². The Labute approximate surface area is 118 Å². The molecule has 20 heavy (non-hydrogen) atoms. The topological polar surface area (TPSA) is 61.4 Å². The molecule has 1 aliphatic heterocycles. The van der Waals surface area contributed by atoms with E-state index < -0.39 is 0 Å². The highest BCUT2D eigenvalue weighted by atomic mass is 16.5. The maximum atomic E-state index is 8.77. The Hall–Kier alpha value is -1.43. The van der Waals surface area contributed by atoms with Crippen LogP contribution in [0.2, 0.25) is 0 Å². The van der Waals surface area contributed by atoms with Crippen LogP contribution in [0.15, 0.2) is 24.3 Å². The molecule has 0 atom stereocenters. The molecule has 0 spiro atoms. The SMILES string of the molecule is OCCOC1CCN(Cc2nc3ccccc3[nH]2)CC1. The van der Waals surface area contributed by atoms with E-state index in [2.05, 4.69) is 20.9 Å². The average Bonchev–Trinajstić information content (AvgIpc) is 2.89. The molecular formula is C15H21N3O2. The second-order valence-corrected chi connectivity index (χ2v) is 5.27. The summed E-state index contributed by atoms with van der Waals surface area (Å²) in [5.74, 6) is 1.03. The van der Waals surface area contributed by atoms with Gasteiger partial charge in [0, 0.05) is 13.1 Å². The molecule has 0 bridgehead atoms. The largest absolute Gasteiger partial charge is 0.394 e. The molecule has 0 saturated carbocycles. The van der Waals surface area contributed by atoms with Crippen molar-refractivity contribution >= 4 is 11.0 Å². The Balaban J connectivity index is 1.54. The Bertz CT molecular complexity index is 514. The lowest BCUT2D eigenvalue weighted by atomic mass is 10.1. The fourth-order valence-corrected chi connectivity index (χ4v) is 2.75. The quantitative estimate of drug-likeness (QED) is 0.869. The lowest BCUT2D eigenvalue weighted by molar-refractivity contribution is -0.00933.